The molecule has 2 aliphatic heterocycles. The number of fused-ring (bicyclic) bond motifs is 1. The largest absolute Gasteiger partial charge is 0.331 e. The van der Waals surface area contributed by atoms with Gasteiger partial charge in [0.1, 0.15) is 5.51 Å². The van der Waals surface area contributed by atoms with Crippen LogP contribution in [0.5, 0.6) is 0 Å². The van der Waals surface area contributed by atoms with Crippen molar-refractivity contribution in [2.75, 3.05) is 18.4 Å². The number of amides is 2. The van der Waals surface area contributed by atoms with Gasteiger partial charge in [-0.2, -0.15) is 0 Å². The summed E-state index contributed by atoms with van der Waals surface area (Å²) in [7, 11) is 0. The van der Waals surface area contributed by atoms with E-state index in [4.69, 9.17) is 0 Å². The first-order chi connectivity index (χ1) is 14.1. The SMILES string of the molecule is C[C@]12CCN(CC(=O)Nc3nncs3)[C@H]1CCCCC(=O)N2Cc1ccccc1. The highest BCUT2D eigenvalue weighted by molar-refractivity contribution is 7.13. The van der Waals surface area contributed by atoms with Crippen molar-refractivity contribution >= 4 is 28.3 Å². The molecule has 0 aliphatic carbocycles. The summed E-state index contributed by atoms with van der Waals surface area (Å²) in [6, 6.07) is 10.4. The van der Waals surface area contributed by atoms with E-state index in [0.717, 1.165) is 37.8 Å². The van der Waals surface area contributed by atoms with Gasteiger partial charge in [0.05, 0.1) is 12.1 Å². The molecule has 0 bridgehead atoms. The van der Waals surface area contributed by atoms with Gasteiger partial charge in [-0.05, 0) is 31.7 Å². The van der Waals surface area contributed by atoms with Gasteiger partial charge in [0, 0.05) is 25.6 Å². The average molecular weight is 414 g/mol. The molecule has 1 aromatic carbocycles. The number of likely N-dealkylation sites (tertiary alicyclic amines) is 2. The van der Waals surface area contributed by atoms with Gasteiger partial charge in [0.15, 0.2) is 0 Å². The van der Waals surface area contributed by atoms with E-state index in [9.17, 15) is 9.59 Å². The number of nitrogens with zero attached hydrogens (tertiary/aromatic N) is 4. The van der Waals surface area contributed by atoms with Crippen molar-refractivity contribution in [1.82, 2.24) is 20.0 Å². The van der Waals surface area contributed by atoms with Crippen molar-refractivity contribution in [1.29, 1.82) is 0 Å². The Kier molecular flexibility index (Phi) is 5.91. The molecule has 0 spiro atoms. The van der Waals surface area contributed by atoms with Crippen LogP contribution in [-0.4, -0.2) is 56.5 Å². The molecule has 0 radical (unpaired) electrons. The summed E-state index contributed by atoms with van der Waals surface area (Å²) in [6.07, 6.45) is 4.40. The monoisotopic (exact) mass is 413 g/mol. The van der Waals surface area contributed by atoms with E-state index in [0.29, 0.717) is 24.6 Å². The van der Waals surface area contributed by atoms with Crippen LogP contribution in [0.25, 0.3) is 0 Å². The Bertz CT molecular complexity index is 844. The van der Waals surface area contributed by atoms with Gasteiger partial charge in [0.2, 0.25) is 16.9 Å². The number of anilines is 1. The molecular formula is C21H27N5O2S. The van der Waals surface area contributed by atoms with Crippen LogP contribution in [0.4, 0.5) is 5.13 Å². The molecule has 29 heavy (non-hydrogen) atoms. The molecule has 1 N–H and O–H groups in total. The predicted molar refractivity (Wildman–Crippen MR) is 112 cm³/mol. The van der Waals surface area contributed by atoms with Crippen molar-refractivity contribution in [2.45, 2.75) is 57.2 Å². The lowest BCUT2D eigenvalue weighted by Crippen LogP contribution is -2.57. The summed E-state index contributed by atoms with van der Waals surface area (Å²) in [6.45, 7) is 3.94. The fourth-order valence-corrected chi connectivity index (χ4v) is 5.18. The quantitative estimate of drug-likeness (QED) is 0.815. The fourth-order valence-electron chi connectivity index (χ4n) is 4.72. The minimum Gasteiger partial charge on any atom is -0.331 e. The second kappa shape index (κ2) is 8.59. The first kappa shape index (κ1) is 20.0. The highest BCUT2D eigenvalue weighted by Gasteiger charge is 2.49. The van der Waals surface area contributed by atoms with Crippen LogP contribution >= 0.6 is 11.3 Å². The highest BCUT2D eigenvalue weighted by Crippen LogP contribution is 2.39. The maximum Gasteiger partial charge on any atom is 0.240 e. The lowest BCUT2D eigenvalue weighted by molar-refractivity contribution is -0.140. The molecule has 0 unspecified atom stereocenters. The Morgan fingerprint density at radius 3 is 2.90 bits per heavy atom. The van der Waals surface area contributed by atoms with Gasteiger partial charge < -0.3 is 4.90 Å². The Morgan fingerprint density at radius 2 is 2.14 bits per heavy atom. The summed E-state index contributed by atoms with van der Waals surface area (Å²) in [5.41, 5.74) is 2.48. The Morgan fingerprint density at radius 1 is 1.31 bits per heavy atom. The molecular weight excluding hydrogens is 386 g/mol. The third kappa shape index (κ3) is 4.33. The number of hydrogen-bond donors (Lipinski definition) is 1. The molecule has 2 amide bonds. The Balaban J connectivity index is 1.52. The predicted octanol–water partition coefficient (Wildman–Crippen LogP) is 2.91. The third-order valence-corrected chi connectivity index (χ3v) is 6.84. The number of nitrogens with one attached hydrogen (secondary N) is 1. The normalized spacial score (nSPS) is 25.3. The summed E-state index contributed by atoms with van der Waals surface area (Å²) < 4.78 is 0. The van der Waals surface area contributed by atoms with Crippen LogP contribution < -0.4 is 5.32 Å². The summed E-state index contributed by atoms with van der Waals surface area (Å²) in [5.74, 6) is 0.148. The molecule has 2 aromatic rings. The van der Waals surface area contributed by atoms with Crippen molar-refractivity contribution in [3.8, 4) is 0 Å². The van der Waals surface area contributed by atoms with E-state index < -0.39 is 0 Å². The first-order valence-electron chi connectivity index (χ1n) is 10.2. The molecule has 8 heteroatoms. The van der Waals surface area contributed by atoms with Crippen molar-refractivity contribution in [3.63, 3.8) is 0 Å². The zero-order chi connectivity index (χ0) is 20.3. The topological polar surface area (TPSA) is 78.4 Å². The minimum atomic E-state index is -0.267. The first-order valence-corrected chi connectivity index (χ1v) is 11.1. The van der Waals surface area contributed by atoms with Crippen LogP contribution in [-0.2, 0) is 16.1 Å². The zero-order valence-corrected chi connectivity index (χ0v) is 17.5. The average Bonchev–Trinajstić information content (AvgIpc) is 3.32. The third-order valence-electron chi connectivity index (χ3n) is 6.24. The molecule has 4 rings (SSSR count). The molecule has 154 valence electrons. The lowest BCUT2D eigenvalue weighted by atomic mass is 9.84. The number of carbonyl (C=O) groups is 2. The zero-order valence-electron chi connectivity index (χ0n) is 16.7. The molecule has 2 fully saturated rings. The fraction of sp³-hybridized carbons (Fsp3) is 0.524. The van der Waals surface area contributed by atoms with E-state index in [2.05, 4.69) is 44.4 Å². The van der Waals surface area contributed by atoms with Gasteiger partial charge in [-0.15, -0.1) is 10.2 Å². The van der Waals surface area contributed by atoms with Crippen LogP contribution in [0.1, 0.15) is 44.6 Å². The molecule has 2 saturated heterocycles. The molecule has 0 saturated carbocycles. The van der Waals surface area contributed by atoms with E-state index in [1.807, 2.05) is 18.2 Å². The van der Waals surface area contributed by atoms with Gasteiger partial charge in [-0.1, -0.05) is 48.1 Å². The molecule has 7 nitrogen and oxygen atoms in total. The van der Waals surface area contributed by atoms with Gasteiger partial charge >= 0.3 is 0 Å². The maximum atomic E-state index is 13.1. The second-order valence-corrected chi connectivity index (χ2v) is 8.93. The van der Waals surface area contributed by atoms with E-state index in [1.165, 1.54) is 11.3 Å². The molecule has 2 aliphatic rings. The van der Waals surface area contributed by atoms with E-state index >= 15 is 0 Å². The van der Waals surface area contributed by atoms with E-state index in [-0.39, 0.29) is 23.4 Å². The lowest BCUT2D eigenvalue weighted by Gasteiger charge is -2.45. The molecule has 2 atom stereocenters. The Hall–Kier alpha value is -2.32. The standard InChI is InChI=1S/C21H27N5O2S/c1-21-11-12-25(14-18(27)23-20-24-22-15-29-20)17(21)9-5-6-10-19(28)26(21)13-16-7-3-2-4-8-16/h2-4,7-8,15,17H,5-6,9-14H2,1H3,(H,23,24,27)/t17-,21-/m0/s1. The van der Waals surface area contributed by atoms with Crippen LogP contribution in [0.3, 0.4) is 0 Å². The van der Waals surface area contributed by atoms with Crippen LogP contribution in [0.2, 0.25) is 0 Å². The van der Waals surface area contributed by atoms with Crippen LogP contribution in [0, 0.1) is 0 Å². The summed E-state index contributed by atoms with van der Waals surface area (Å²) >= 11 is 1.31. The van der Waals surface area contributed by atoms with Crippen molar-refractivity contribution < 1.29 is 9.59 Å². The van der Waals surface area contributed by atoms with Gasteiger partial charge in [-0.3, -0.25) is 19.8 Å². The van der Waals surface area contributed by atoms with Gasteiger partial charge in [0.25, 0.3) is 0 Å². The van der Waals surface area contributed by atoms with Crippen molar-refractivity contribution in [2.24, 2.45) is 0 Å². The van der Waals surface area contributed by atoms with E-state index in [1.54, 1.807) is 5.51 Å². The smallest absolute Gasteiger partial charge is 0.240 e. The summed E-state index contributed by atoms with van der Waals surface area (Å²) in [5, 5.41) is 11.0. The number of carbonyl (C=O) groups excluding carboxylic acids is 2. The molecule has 1 aromatic heterocycles. The maximum absolute atomic E-state index is 13.1. The van der Waals surface area contributed by atoms with Crippen molar-refractivity contribution in [3.05, 3.63) is 41.4 Å². The second-order valence-electron chi connectivity index (χ2n) is 8.10. The number of benzene rings is 1. The van der Waals surface area contributed by atoms with Gasteiger partial charge in [-0.25, -0.2) is 0 Å². The molecule has 3 heterocycles. The number of hydrogen-bond acceptors (Lipinski definition) is 6. The summed E-state index contributed by atoms with van der Waals surface area (Å²) in [4.78, 5) is 29.9. The Labute approximate surface area is 175 Å². The minimum absolute atomic E-state index is 0.0750. The number of aromatic nitrogens is 2. The highest BCUT2D eigenvalue weighted by atomic mass is 32.1. The number of rotatable bonds is 5. The van der Waals surface area contributed by atoms with Crippen LogP contribution in [0.15, 0.2) is 35.8 Å².